The van der Waals surface area contributed by atoms with Crippen molar-refractivity contribution < 1.29 is 18.9 Å². The Kier molecular flexibility index (Phi) is 6.05. The number of hydrogen-bond donors (Lipinski definition) is 1. The fourth-order valence-electron chi connectivity index (χ4n) is 2.41. The van der Waals surface area contributed by atoms with Crippen LogP contribution >= 0.6 is 7.37 Å². The minimum absolute atomic E-state index is 0.250. The molecular weight excluding hydrogens is 325 g/mol. The molecule has 2 atom stereocenters. The third kappa shape index (κ3) is 3.81. The average Bonchev–Trinajstić information content (AvgIpc) is 2.61. The van der Waals surface area contributed by atoms with Crippen molar-refractivity contribution in [2.45, 2.75) is 12.8 Å². The highest BCUT2D eigenvalue weighted by Crippen LogP contribution is 2.57. The third-order valence-corrected chi connectivity index (χ3v) is 6.38. The maximum absolute atomic E-state index is 13.4. The molecule has 0 radical (unpaired) electrons. The van der Waals surface area contributed by atoms with E-state index in [-0.39, 0.29) is 6.61 Å². The molecule has 0 aliphatic rings. The first kappa shape index (κ1) is 18.5. The molecule has 0 aromatic heterocycles. The SMILES string of the molecule is CCO[P@](=O)(c1ccc(N(C)C)cc1)[C@H](O)c1ccc(OC)cc1. The molecule has 0 heterocycles. The van der Waals surface area contributed by atoms with Gasteiger partial charge in [0.1, 0.15) is 5.75 Å². The van der Waals surface area contributed by atoms with Crippen molar-refractivity contribution >= 4 is 18.4 Å². The lowest BCUT2D eigenvalue weighted by Gasteiger charge is -2.24. The van der Waals surface area contributed by atoms with E-state index in [1.54, 1.807) is 50.4 Å². The number of anilines is 1. The van der Waals surface area contributed by atoms with E-state index in [0.717, 1.165) is 5.69 Å². The van der Waals surface area contributed by atoms with Crippen LogP contribution in [0.2, 0.25) is 0 Å². The van der Waals surface area contributed by atoms with Gasteiger partial charge in [-0.25, -0.2) is 0 Å². The summed E-state index contributed by atoms with van der Waals surface area (Å²) in [6, 6.07) is 14.1. The zero-order valence-electron chi connectivity index (χ0n) is 14.5. The molecule has 0 amide bonds. The van der Waals surface area contributed by atoms with Crippen LogP contribution < -0.4 is 14.9 Å². The lowest BCUT2D eigenvalue weighted by Crippen LogP contribution is -2.16. The zero-order chi connectivity index (χ0) is 17.7. The van der Waals surface area contributed by atoms with Crippen molar-refractivity contribution in [1.82, 2.24) is 0 Å². The summed E-state index contributed by atoms with van der Waals surface area (Å²) in [5.41, 5.74) is 1.52. The van der Waals surface area contributed by atoms with Gasteiger partial charge in [0.25, 0.3) is 7.37 Å². The van der Waals surface area contributed by atoms with E-state index in [1.165, 1.54) is 0 Å². The Hall–Kier alpha value is -1.81. The summed E-state index contributed by atoms with van der Waals surface area (Å²) in [4.78, 5) is 1.95. The number of ether oxygens (including phenoxy) is 1. The lowest BCUT2D eigenvalue weighted by atomic mass is 10.2. The molecular formula is C18H24NO4P. The van der Waals surface area contributed by atoms with Gasteiger partial charge >= 0.3 is 0 Å². The van der Waals surface area contributed by atoms with Crippen LogP contribution in [0, 0.1) is 0 Å². The largest absolute Gasteiger partial charge is 0.497 e. The minimum atomic E-state index is -3.46. The van der Waals surface area contributed by atoms with Gasteiger partial charge in [-0.15, -0.1) is 0 Å². The highest BCUT2D eigenvalue weighted by Gasteiger charge is 2.36. The molecule has 24 heavy (non-hydrogen) atoms. The number of rotatable bonds is 7. The Morgan fingerprint density at radius 1 is 1.08 bits per heavy atom. The molecule has 1 N–H and O–H groups in total. The lowest BCUT2D eigenvalue weighted by molar-refractivity contribution is 0.218. The molecule has 130 valence electrons. The van der Waals surface area contributed by atoms with Gasteiger partial charge in [-0.05, 0) is 48.9 Å². The van der Waals surface area contributed by atoms with Gasteiger partial charge in [-0.2, -0.15) is 0 Å². The van der Waals surface area contributed by atoms with Gasteiger partial charge < -0.3 is 19.3 Å². The molecule has 0 saturated heterocycles. The summed E-state index contributed by atoms with van der Waals surface area (Å²) >= 11 is 0. The highest BCUT2D eigenvalue weighted by molar-refractivity contribution is 7.67. The first-order valence-electron chi connectivity index (χ1n) is 7.76. The van der Waals surface area contributed by atoms with Gasteiger partial charge in [0.05, 0.1) is 13.7 Å². The quantitative estimate of drug-likeness (QED) is 0.777. The molecule has 2 aromatic rings. The monoisotopic (exact) mass is 349 g/mol. The number of aliphatic hydroxyl groups is 1. The summed E-state index contributed by atoms with van der Waals surface area (Å²) in [6.07, 6.45) is 0. The molecule has 0 spiro atoms. The van der Waals surface area contributed by atoms with Gasteiger partial charge in [-0.3, -0.25) is 4.57 Å². The van der Waals surface area contributed by atoms with Gasteiger partial charge in [0.2, 0.25) is 0 Å². The number of benzene rings is 2. The molecule has 0 fully saturated rings. The second-order valence-electron chi connectivity index (χ2n) is 5.57. The summed E-state index contributed by atoms with van der Waals surface area (Å²) in [5.74, 6) is -0.555. The molecule has 2 aromatic carbocycles. The van der Waals surface area contributed by atoms with Crippen LogP contribution in [0.3, 0.4) is 0 Å². The predicted molar refractivity (Wildman–Crippen MR) is 97.6 cm³/mol. The fourth-order valence-corrected chi connectivity index (χ4v) is 4.49. The number of aliphatic hydroxyl groups excluding tert-OH is 1. The van der Waals surface area contributed by atoms with Crippen LogP contribution in [0.4, 0.5) is 5.69 Å². The van der Waals surface area contributed by atoms with Crippen LogP contribution in [0.15, 0.2) is 48.5 Å². The fraction of sp³-hybridized carbons (Fsp3) is 0.333. The molecule has 2 rings (SSSR count). The summed E-state index contributed by atoms with van der Waals surface area (Å²) in [6.45, 7) is 2.02. The van der Waals surface area contributed by atoms with Gasteiger partial charge in [0, 0.05) is 25.1 Å². The first-order valence-corrected chi connectivity index (χ1v) is 9.46. The van der Waals surface area contributed by atoms with E-state index in [1.807, 2.05) is 31.1 Å². The minimum Gasteiger partial charge on any atom is -0.497 e. The van der Waals surface area contributed by atoms with E-state index >= 15 is 0 Å². The first-order chi connectivity index (χ1) is 11.4. The van der Waals surface area contributed by atoms with E-state index in [2.05, 4.69) is 0 Å². The number of hydrogen-bond acceptors (Lipinski definition) is 5. The number of methoxy groups -OCH3 is 1. The van der Waals surface area contributed by atoms with E-state index in [4.69, 9.17) is 9.26 Å². The van der Waals surface area contributed by atoms with Crippen molar-refractivity contribution in [2.75, 3.05) is 32.7 Å². The Morgan fingerprint density at radius 3 is 2.12 bits per heavy atom. The van der Waals surface area contributed by atoms with Crippen LogP contribution in [0.25, 0.3) is 0 Å². The second kappa shape index (κ2) is 7.84. The Labute approximate surface area is 143 Å². The molecule has 0 aliphatic carbocycles. The maximum Gasteiger partial charge on any atom is 0.264 e. The van der Waals surface area contributed by atoms with Crippen LogP contribution in [-0.4, -0.2) is 32.9 Å². The van der Waals surface area contributed by atoms with E-state index in [9.17, 15) is 9.67 Å². The van der Waals surface area contributed by atoms with Crippen LogP contribution in [-0.2, 0) is 9.09 Å². The van der Waals surface area contributed by atoms with E-state index < -0.39 is 13.2 Å². The summed E-state index contributed by atoms with van der Waals surface area (Å²) in [5, 5.41) is 11.2. The predicted octanol–water partition coefficient (Wildman–Crippen LogP) is 3.39. The normalized spacial score (nSPS) is 14.7. The Bertz CT molecular complexity index is 698. The van der Waals surface area contributed by atoms with Crippen LogP contribution in [0.1, 0.15) is 18.3 Å². The van der Waals surface area contributed by atoms with Crippen molar-refractivity contribution in [3.05, 3.63) is 54.1 Å². The van der Waals surface area contributed by atoms with Crippen LogP contribution in [0.5, 0.6) is 5.75 Å². The van der Waals surface area contributed by atoms with Gasteiger partial charge in [0.15, 0.2) is 5.85 Å². The Balaban J connectivity index is 2.39. The second-order valence-corrected chi connectivity index (χ2v) is 8.03. The molecule has 5 nitrogen and oxygen atoms in total. The highest BCUT2D eigenvalue weighted by atomic mass is 31.2. The van der Waals surface area contributed by atoms with Gasteiger partial charge in [-0.1, -0.05) is 12.1 Å². The van der Waals surface area contributed by atoms with Crippen molar-refractivity contribution in [3.8, 4) is 5.75 Å². The zero-order valence-corrected chi connectivity index (χ0v) is 15.4. The molecule has 0 unspecified atom stereocenters. The van der Waals surface area contributed by atoms with Crippen molar-refractivity contribution in [1.29, 1.82) is 0 Å². The average molecular weight is 349 g/mol. The maximum atomic E-state index is 13.4. The van der Waals surface area contributed by atoms with Crippen molar-refractivity contribution in [2.24, 2.45) is 0 Å². The topological polar surface area (TPSA) is 59.0 Å². The summed E-state index contributed by atoms with van der Waals surface area (Å²) in [7, 11) is 1.98. The smallest absolute Gasteiger partial charge is 0.264 e. The molecule has 0 bridgehead atoms. The Morgan fingerprint density at radius 2 is 1.67 bits per heavy atom. The molecule has 0 saturated carbocycles. The summed E-state index contributed by atoms with van der Waals surface area (Å²) < 4.78 is 24.1. The standard InChI is InChI=1S/C18H24NO4P/c1-5-23-24(21,17-12-8-15(9-13-17)19(2)3)18(20)14-6-10-16(22-4)11-7-14/h6-13,18,20H,5H2,1-4H3/t18-,24+/m0/s1. The van der Waals surface area contributed by atoms with E-state index in [0.29, 0.717) is 16.6 Å². The number of nitrogens with zero attached hydrogens (tertiary/aromatic N) is 1. The molecule has 6 heteroatoms. The molecule has 0 aliphatic heterocycles. The van der Waals surface area contributed by atoms with Crippen molar-refractivity contribution in [3.63, 3.8) is 0 Å². The third-order valence-electron chi connectivity index (χ3n) is 3.78.